The van der Waals surface area contributed by atoms with E-state index in [-0.39, 0.29) is 5.54 Å². The summed E-state index contributed by atoms with van der Waals surface area (Å²) in [5.41, 5.74) is 6.47. The van der Waals surface area contributed by atoms with Gasteiger partial charge >= 0.3 is 0 Å². The van der Waals surface area contributed by atoms with Crippen molar-refractivity contribution in [2.75, 3.05) is 20.1 Å². The number of likely N-dealkylation sites (N-methyl/N-ethyl adjacent to an activating group) is 1. The van der Waals surface area contributed by atoms with E-state index in [1.54, 1.807) is 0 Å². The molecule has 2 aliphatic carbocycles. The van der Waals surface area contributed by atoms with Gasteiger partial charge in [-0.2, -0.15) is 0 Å². The van der Waals surface area contributed by atoms with Gasteiger partial charge in [0, 0.05) is 18.6 Å². The van der Waals surface area contributed by atoms with Crippen LogP contribution in [-0.4, -0.2) is 30.6 Å². The maximum absolute atomic E-state index is 6.19. The van der Waals surface area contributed by atoms with E-state index >= 15 is 0 Å². The first-order chi connectivity index (χ1) is 8.10. The molecule has 0 heterocycles. The molecular formula is C15H30N2. The van der Waals surface area contributed by atoms with Crippen molar-refractivity contribution < 1.29 is 0 Å². The second kappa shape index (κ2) is 5.27. The minimum absolute atomic E-state index is 0.285. The molecule has 2 fully saturated rings. The Morgan fingerprint density at radius 2 is 1.88 bits per heavy atom. The summed E-state index contributed by atoms with van der Waals surface area (Å²) < 4.78 is 0. The summed E-state index contributed by atoms with van der Waals surface area (Å²) in [5.74, 6) is 2.52. The van der Waals surface area contributed by atoms with Gasteiger partial charge in [0.15, 0.2) is 0 Å². The van der Waals surface area contributed by atoms with Crippen LogP contribution in [-0.2, 0) is 0 Å². The molecule has 0 spiro atoms. The van der Waals surface area contributed by atoms with Crippen LogP contribution in [0.1, 0.15) is 52.4 Å². The molecular weight excluding hydrogens is 208 g/mol. The summed E-state index contributed by atoms with van der Waals surface area (Å²) in [6.45, 7) is 6.94. The van der Waals surface area contributed by atoms with Gasteiger partial charge in [-0.25, -0.2) is 0 Å². The molecule has 0 aromatic rings. The number of nitrogens with two attached hydrogens (primary N) is 1. The van der Waals surface area contributed by atoms with E-state index in [1.165, 1.54) is 45.1 Å². The molecule has 0 bridgehead atoms. The Kier molecular flexibility index (Phi) is 4.14. The molecule has 2 saturated carbocycles. The Bertz CT molecular complexity index is 249. The Labute approximate surface area is 107 Å². The van der Waals surface area contributed by atoms with E-state index in [0.29, 0.717) is 0 Å². The summed E-state index contributed by atoms with van der Waals surface area (Å²) in [6.07, 6.45) is 8.38. The zero-order valence-electron chi connectivity index (χ0n) is 11.9. The van der Waals surface area contributed by atoms with E-state index in [2.05, 4.69) is 25.8 Å². The molecule has 0 radical (unpaired) electrons. The van der Waals surface area contributed by atoms with Gasteiger partial charge in [-0.3, -0.25) is 4.90 Å². The van der Waals surface area contributed by atoms with Crippen LogP contribution in [0.25, 0.3) is 0 Å². The first-order valence-electron chi connectivity index (χ1n) is 7.51. The van der Waals surface area contributed by atoms with E-state index in [0.717, 1.165) is 24.3 Å². The molecule has 0 aliphatic heterocycles. The highest BCUT2D eigenvalue weighted by Crippen LogP contribution is 2.41. The quantitative estimate of drug-likeness (QED) is 0.816. The molecule has 0 amide bonds. The van der Waals surface area contributed by atoms with Crippen molar-refractivity contribution in [3.8, 4) is 0 Å². The summed E-state index contributed by atoms with van der Waals surface area (Å²) in [5, 5.41) is 0. The van der Waals surface area contributed by atoms with Crippen molar-refractivity contribution in [3.05, 3.63) is 0 Å². The zero-order valence-corrected chi connectivity index (χ0v) is 11.9. The molecule has 2 N–H and O–H groups in total. The van der Waals surface area contributed by atoms with Gasteiger partial charge in [0.05, 0.1) is 0 Å². The predicted molar refractivity (Wildman–Crippen MR) is 73.9 cm³/mol. The van der Waals surface area contributed by atoms with Gasteiger partial charge in [0.25, 0.3) is 0 Å². The van der Waals surface area contributed by atoms with Gasteiger partial charge in [-0.15, -0.1) is 0 Å². The molecule has 17 heavy (non-hydrogen) atoms. The third-order valence-corrected chi connectivity index (χ3v) is 5.84. The van der Waals surface area contributed by atoms with Crippen molar-refractivity contribution in [2.24, 2.45) is 23.5 Å². The maximum Gasteiger partial charge on any atom is 0.0356 e. The van der Waals surface area contributed by atoms with Crippen LogP contribution in [0.15, 0.2) is 0 Å². The van der Waals surface area contributed by atoms with Crippen LogP contribution < -0.4 is 5.73 Å². The molecule has 2 nitrogen and oxygen atoms in total. The summed E-state index contributed by atoms with van der Waals surface area (Å²) in [7, 11) is 2.32. The molecule has 2 rings (SSSR count). The van der Waals surface area contributed by atoms with Crippen LogP contribution in [0.5, 0.6) is 0 Å². The number of hydrogen-bond donors (Lipinski definition) is 1. The smallest absolute Gasteiger partial charge is 0.0356 e. The number of rotatable bonds is 4. The molecule has 100 valence electrons. The van der Waals surface area contributed by atoms with Crippen LogP contribution in [0.3, 0.4) is 0 Å². The fraction of sp³-hybridized carbons (Fsp3) is 1.00. The fourth-order valence-electron chi connectivity index (χ4n) is 3.96. The lowest BCUT2D eigenvalue weighted by molar-refractivity contribution is -0.00938. The van der Waals surface area contributed by atoms with Gasteiger partial charge in [-0.05, 0) is 44.1 Å². The van der Waals surface area contributed by atoms with Crippen LogP contribution in [0.2, 0.25) is 0 Å². The Balaban J connectivity index is 2.05. The van der Waals surface area contributed by atoms with Crippen molar-refractivity contribution >= 4 is 0 Å². The molecule has 0 aromatic carbocycles. The van der Waals surface area contributed by atoms with Crippen molar-refractivity contribution in [1.29, 1.82) is 0 Å². The first kappa shape index (κ1) is 13.4. The average Bonchev–Trinajstić information content (AvgIpc) is 2.27. The summed E-state index contributed by atoms with van der Waals surface area (Å²) >= 11 is 0. The highest BCUT2D eigenvalue weighted by molar-refractivity contribution is 5.00. The Hall–Kier alpha value is -0.0800. The zero-order chi connectivity index (χ0) is 12.5. The van der Waals surface area contributed by atoms with Gasteiger partial charge in [0.1, 0.15) is 0 Å². The van der Waals surface area contributed by atoms with E-state index in [1.807, 2.05) is 0 Å². The van der Waals surface area contributed by atoms with Crippen molar-refractivity contribution in [3.63, 3.8) is 0 Å². The van der Waals surface area contributed by atoms with Gasteiger partial charge < -0.3 is 5.73 Å². The highest BCUT2D eigenvalue weighted by atomic mass is 15.2. The lowest BCUT2D eigenvalue weighted by Crippen LogP contribution is -2.60. The predicted octanol–water partition coefficient (Wildman–Crippen LogP) is 2.87. The first-order valence-corrected chi connectivity index (χ1v) is 7.51. The lowest BCUT2D eigenvalue weighted by Gasteiger charge is -2.52. The lowest BCUT2D eigenvalue weighted by atomic mass is 9.67. The largest absolute Gasteiger partial charge is 0.329 e. The molecule has 2 aliphatic rings. The second-order valence-electron chi connectivity index (χ2n) is 6.64. The molecule has 2 heteroatoms. The minimum atomic E-state index is 0.285. The summed E-state index contributed by atoms with van der Waals surface area (Å²) in [4.78, 5) is 2.62. The minimum Gasteiger partial charge on any atom is -0.329 e. The second-order valence-corrected chi connectivity index (χ2v) is 6.64. The standard InChI is InChI=1S/C15H30N2/c1-12-6-5-9-15(11-16,13(12)2)17(3)10-14-7-4-8-14/h12-14H,4-11,16H2,1-3H3. The topological polar surface area (TPSA) is 29.3 Å². The molecule has 3 unspecified atom stereocenters. The Morgan fingerprint density at radius 1 is 1.18 bits per heavy atom. The van der Waals surface area contributed by atoms with E-state index in [4.69, 9.17) is 5.73 Å². The molecule has 0 saturated heterocycles. The highest BCUT2D eigenvalue weighted by Gasteiger charge is 2.44. The van der Waals surface area contributed by atoms with Crippen LogP contribution in [0, 0.1) is 17.8 Å². The third kappa shape index (κ3) is 2.39. The summed E-state index contributed by atoms with van der Waals surface area (Å²) in [6, 6.07) is 0. The van der Waals surface area contributed by atoms with Crippen LogP contribution in [0.4, 0.5) is 0 Å². The normalized spacial score (nSPS) is 39.4. The number of hydrogen-bond acceptors (Lipinski definition) is 2. The number of nitrogens with zero attached hydrogens (tertiary/aromatic N) is 1. The average molecular weight is 238 g/mol. The van der Waals surface area contributed by atoms with Crippen molar-refractivity contribution in [2.45, 2.75) is 57.9 Å². The van der Waals surface area contributed by atoms with E-state index in [9.17, 15) is 0 Å². The van der Waals surface area contributed by atoms with Gasteiger partial charge in [0.2, 0.25) is 0 Å². The van der Waals surface area contributed by atoms with Crippen molar-refractivity contribution in [1.82, 2.24) is 4.90 Å². The van der Waals surface area contributed by atoms with E-state index < -0.39 is 0 Å². The Morgan fingerprint density at radius 3 is 2.41 bits per heavy atom. The monoisotopic (exact) mass is 238 g/mol. The maximum atomic E-state index is 6.19. The molecule has 3 atom stereocenters. The SMILES string of the molecule is CC1CCCC(CN)(N(C)CC2CCC2)C1C. The third-order valence-electron chi connectivity index (χ3n) is 5.84. The molecule has 0 aromatic heterocycles. The van der Waals surface area contributed by atoms with Crippen LogP contribution >= 0.6 is 0 Å². The van der Waals surface area contributed by atoms with Gasteiger partial charge in [-0.1, -0.05) is 33.1 Å². The fourth-order valence-corrected chi connectivity index (χ4v) is 3.96.